The van der Waals surface area contributed by atoms with Crippen molar-refractivity contribution in [2.24, 2.45) is 0 Å². The summed E-state index contributed by atoms with van der Waals surface area (Å²) in [5.74, 6) is -1.04. The van der Waals surface area contributed by atoms with Gasteiger partial charge in [-0.3, -0.25) is 5.10 Å². The number of carboxylic acid groups (broad SMARTS) is 1. The van der Waals surface area contributed by atoms with Crippen LogP contribution in [-0.2, 0) is 0 Å². The van der Waals surface area contributed by atoms with Crippen molar-refractivity contribution in [3.05, 3.63) is 39.5 Å². The fourth-order valence-electron chi connectivity index (χ4n) is 1.27. The molecule has 1 aromatic heterocycles. The van der Waals surface area contributed by atoms with Crippen LogP contribution < -0.4 is 0 Å². The Hall–Kier alpha value is -1.33. The summed E-state index contributed by atoms with van der Waals surface area (Å²) < 4.78 is 0.695. The van der Waals surface area contributed by atoms with Crippen LogP contribution in [0, 0.1) is 0 Å². The Labute approximate surface area is 104 Å². The normalized spacial score (nSPS) is 10.4. The summed E-state index contributed by atoms with van der Waals surface area (Å²) >= 11 is 9.26. The Morgan fingerprint density at radius 3 is 2.88 bits per heavy atom. The minimum atomic E-state index is -1.04. The lowest BCUT2D eigenvalue weighted by molar-refractivity contribution is 0.0690. The summed E-state index contributed by atoms with van der Waals surface area (Å²) in [6, 6.07) is 6.77. The molecule has 0 unspecified atom stereocenters. The van der Waals surface area contributed by atoms with Crippen LogP contribution in [0.3, 0.4) is 0 Å². The molecule has 0 aliphatic heterocycles. The molecule has 2 aromatic rings. The number of benzene rings is 1. The number of hydrogen-bond acceptors (Lipinski definition) is 2. The highest BCUT2D eigenvalue weighted by Crippen LogP contribution is 2.32. The van der Waals surface area contributed by atoms with Crippen LogP contribution in [0.2, 0.25) is 5.02 Å². The maximum absolute atomic E-state index is 10.7. The van der Waals surface area contributed by atoms with Crippen molar-refractivity contribution in [3.8, 4) is 11.3 Å². The number of nitrogens with one attached hydrogen (secondary N) is 1. The third kappa shape index (κ3) is 1.96. The van der Waals surface area contributed by atoms with Gasteiger partial charge in [-0.2, -0.15) is 5.10 Å². The minimum Gasteiger partial charge on any atom is -0.477 e. The summed E-state index contributed by atoms with van der Waals surface area (Å²) in [6.45, 7) is 0. The van der Waals surface area contributed by atoms with E-state index in [0.717, 1.165) is 5.56 Å². The third-order valence-corrected chi connectivity index (χ3v) is 3.43. The van der Waals surface area contributed by atoms with E-state index in [0.29, 0.717) is 15.2 Å². The van der Waals surface area contributed by atoms with Gasteiger partial charge >= 0.3 is 5.97 Å². The van der Waals surface area contributed by atoms with Crippen molar-refractivity contribution < 1.29 is 9.90 Å². The van der Waals surface area contributed by atoms with E-state index in [1.165, 1.54) is 6.07 Å². The van der Waals surface area contributed by atoms with E-state index in [-0.39, 0.29) is 5.69 Å². The van der Waals surface area contributed by atoms with Gasteiger partial charge < -0.3 is 5.11 Å². The molecule has 0 aliphatic carbocycles. The van der Waals surface area contributed by atoms with Gasteiger partial charge in [0.2, 0.25) is 0 Å². The molecule has 0 atom stereocenters. The van der Waals surface area contributed by atoms with Crippen LogP contribution in [0.25, 0.3) is 11.3 Å². The molecule has 82 valence electrons. The Kier molecular flexibility index (Phi) is 2.98. The molecule has 0 saturated carbocycles. The maximum atomic E-state index is 10.7. The molecule has 2 rings (SSSR count). The largest absolute Gasteiger partial charge is 0.477 e. The molecular formula is C10H6BrClN2O2. The van der Waals surface area contributed by atoms with Gasteiger partial charge in [0.25, 0.3) is 0 Å². The average molecular weight is 302 g/mol. The molecule has 0 aliphatic rings. The maximum Gasteiger partial charge on any atom is 0.353 e. The number of halogens is 2. The first-order valence-corrected chi connectivity index (χ1v) is 5.50. The number of H-pyrrole nitrogens is 1. The van der Waals surface area contributed by atoms with Gasteiger partial charge in [-0.25, -0.2) is 4.79 Å². The van der Waals surface area contributed by atoms with Crippen LogP contribution in [-0.4, -0.2) is 21.3 Å². The number of rotatable bonds is 2. The Morgan fingerprint density at radius 2 is 2.25 bits per heavy atom. The fraction of sp³-hybridized carbons (Fsp3) is 0. The van der Waals surface area contributed by atoms with Crippen LogP contribution in [0.4, 0.5) is 0 Å². The number of aromatic amines is 1. The molecule has 0 bridgehead atoms. The quantitative estimate of drug-likeness (QED) is 0.895. The predicted octanol–water partition coefficient (Wildman–Crippen LogP) is 3.19. The standard InChI is InChI=1S/C10H6BrClN2O2/c11-9-5(2-1-3-6(9)12)7-4-8(10(15)16)14-13-7/h1-4H,(H,13,14)(H,15,16). The molecule has 0 radical (unpaired) electrons. The topological polar surface area (TPSA) is 66.0 Å². The van der Waals surface area contributed by atoms with Gasteiger partial charge in [-0.15, -0.1) is 0 Å². The summed E-state index contributed by atoms with van der Waals surface area (Å²) in [5, 5.41) is 15.7. The van der Waals surface area contributed by atoms with Gasteiger partial charge in [0.1, 0.15) is 5.69 Å². The SMILES string of the molecule is O=C(O)c1cc(-c2cccc(Cl)c2Br)n[nH]1. The Morgan fingerprint density at radius 1 is 1.50 bits per heavy atom. The zero-order chi connectivity index (χ0) is 11.7. The van der Waals surface area contributed by atoms with Crippen molar-refractivity contribution in [2.45, 2.75) is 0 Å². The van der Waals surface area contributed by atoms with Crippen LogP contribution >= 0.6 is 27.5 Å². The Balaban J connectivity index is 2.50. The van der Waals surface area contributed by atoms with Crippen molar-refractivity contribution in [2.75, 3.05) is 0 Å². The molecule has 4 nitrogen and oxygen atoms in total. The van der Waals surface area contributed by atoms with Crippen LogP contribution in [0.15, 0.2) is 28.7 Å². The second-order valence-electron chi connectivity index (χ2n) is 3.07. The van der Waals surface area contributed by atoms with Crippen LogP contribution in [0.5, 0.6) is 0 Å². The number of aromatic carboxylic acids is 1. The summed E-state index contributed by atoms with van der Waals surface area (Å²) in [5.41, 5.74) is 1.32. The van der Waals surface area contributed by atoms with Crippen molar-refractivity contribution >= 4 is 33.5 Å². The van der Waals surface area contributed by atoms with Gasteiger partial charge in [-0.1, -0.05) is 23.7 Å². The lowest BCUT2D eigenvalue weighted by atomic mass is 10.1. The first-order valence-electron chi connectivity index (χ1n) is 4.32. The van der Waals surface area contributed by atoms with E-state index in [4.69, 9.17) is 16.7 Å². The highest BCUT2D eigenvalue weighted by atomic mass is 79.9. The highest BCUT2D eigenvalue weighted by Gasteiger charge is 2.12. The van der Waals surface area contributed by atoms with Gasteiger partial charge in [0.05, 0.1) is 10.7 Å². The molecule has 0 amide bonds. The van der Waals surface area contributed by atoms with E-state index in [1.807, 2.05) is 0 Å². The van der Waals surface area contributed by atoms with Crippen molar-refractivity contribution in [3.63, 3.8) is 0 Å². The number of carbonyl (C=O) groups is 1. The summed E-state index contributed by atoms with van der Waals surface area (Å²) in [6.07, 6.45) is 0. The summed E-state index contributed by atoms with van der Waals surface area (Å²) in [7, 11) is 0. The molecule has 6 heteroatoms. The molecule has 0 fully saturated rings. The van der Waals surface area contributed by atoms with Gasteiger partial charge in [0.15, 0.2) is 0 Å². The van der Waals surface area contributed by atoms with Gasteiger partial charge in [-0.05, 0) is 28.1 Å². The molecular weight excluding hydrogens is 295 g/mol. The minimum absolute atomic E-state index is 0.0434. The zero-order valence-electron chi connectivity index (χ0n) is 7.87. The second-order valence-corrected chi connectivity index (χ2v) is 4.27. The monoisotopic (exact) mass is 300 g/mol. The summed E-state index contributed by atoms with van der Waals surface area (Å²) in [4.78, 5) is 10.7. The second kappa shape index (κ2) is 4.27. The average Bonchev–Trinajstić information content (AvgIpc) is 2.71. The molecule has 2 N–H and O–H groups in total. The van der Waals surface area contributed by atoms with E-state index < -0.39 is 5.97 Å². The van der Waals surface area contributed by atoms with E-state index >= 15 is 0 Å². The van der Waals surface area contributed by atoms with E-state index in [1.54, 1.807) is 18.2 Å². The highest BCUT2D eigenvalue weighted by molar-refractivity contribution is 9.10. The first-order chi connectivity index (χ1) is 7.59. The molecule has 0 spiro atoms. The molecule has 1 heterocycles. The predicted molar refractivity (Wildman–Crippen MR) is 63.7 cm³/mol. The number of nitrogens with zero attached hydrogens (tertiary/aromatic N) is 1. The number of hydrogen-bond donors (Lipinski definition) is 2. The molecule has 0 saturated heterocycles. The van der Waals surface area contributed by atoms with E-state index in [2.05, 4.69) is 26.1 Å². The van der Waals surface area contributed by atoms with E-state index in [9.17, 15) is 4.79 Å². The fourth-order valence-corrected chi connectivity index (χ4v) is 1.91. The van der Waals surface area contributed by atoms with Crippen molar-refractivity contribution in [1.29, 1.82) is 0 Å². The lowest BCUT2D eigenvalue weighted by Gasteiger charge is -2.01. The molecule has 1 aromatic carbocycles. The smallest absolute Gasteiger partial charge is 0.353 e. The Bertz CT molecular complexity index is 554. The van der Waals surface area contributed by atoms with Crippen molar-refractivity contribution in [1.82, 2.24) is 10.2 Å². The third-order valence-electron chi connectivity index (χ3n) is 2.04. The van der Waals surface area contributed by atoms with Crippen LogP contribution in [0.1, 0.15) is 10.5 Å². The number of aromatic nitrogens is 2. The zero-order valence-corrected chi connectivity index (χ0v) is 10.2. The molecule has 16 heavy (non-hydrogen) atoms. The first kappa shape index (κ1) is 11.2. The number of carboxylic acids is 1. The lowest BCUT2D eigenvalue weighted by Crippen LogP contribution is -1.95. The van der Waals surface area contributed by atoms with Gasteiger partial charge in [0, 0.05) is 10.0 Å².